The van der Waals surface area contributed by atoms with Crippen LogP contribution in [0.4, 0.5) is 0 Å². The first-order chi connectivity index (χ1) is 13.9. The number of nitrogens with zero attached hydrogens (tertiary/aromatic N) is 3. The number of hydrogen-bond donors (Lipinski definition) is 2. The summed E-state index contributed by atoms with van der Waals surface area (Å²) >= 11 is 0. The molecule has 0 spiro atoms. The first-order valence-corrected chi connectivity index (χ1v) is 11.1. The van der Waals surface area contributed by atoms with Crippen LogP contribution >= 0.6 is 7.60 Å². The van der Waals surface area contributed by atoms with Crippen molar-refractivity contribution in [3.05, 3.63) is 85.6 Å². The lowest BCUT2D eigenvalue weighted by molar-refractivity contribution is -0.692. The van der Waals surface area contributed by atoms with Crippen molar-refractivity contribution in [2.75, 3.05) is 6.16 Å². The molecule has 0 aliphatic heterocycles. The van der Waals surface area contributed by atoms with E-state index in [1.54, 1.807) is 4.57 Å². The largest absolute Gasteiger partial charge is 1.00 e. The van der Waals surface area contributed by atoms with Crippen LogP contribution in [0.15, 0.2) is 85.6 Å². The summed E-state index contributed by atoms with van der Waals surface area (Å²) in [5.41, 5.74) is 4.41. The van der Waals surface area contributed by atoms with Gasteiger partial charge in [0.2, 0.25) is 11.2 Å². The van der Waals surface area contributed by atoms with Gasteiger partial charge in [-0.25, -0.2) is 9.13 Å². The summed E-state index contributed by atoms with van der Waals surface area (Å²) in [4.78, 5) is 18.0. The minimum Gasteiger partial charge on any atom is -1.00 e. The number of pyridine rings is 3. The van der Waals surface area contributed by atoms with Crippen LogP contribution in [0.5, 0.6) is 0 Å². The molecule has 4 rings (SSSR count). The van der Waals surface area contributed by atoms with E-state index in [-0.39, 0.29) is 43.4 Å². The number of hydrogen-bond acceptors (Lipinski definition) is 1. The molecule has 3 heterocycles. The van der Waals surface area contributed by atoms with E-state index in [0.29, 0.717) is 6.54 Å². The molecule has 0 aliphatic carbocycles. The third-order valence-electron chi connectivity index (χ3n) is 4.98. The highest BCUT2D eigenvalue weighted by atomic mass is 35.5. The molecule has 0 saturated heterocycles. The van der Waals surface area contributed by atoms with Crippen molar-refractivity contribution in [2.24, 2.45) is 7.05 Å². The Morgan fingerprint density at radius 1 is 0.812 bits per heavy atom. The molecule has 6 nitrogen and oxygen atoms in total. The van der Waals surface area contributed by atoms with Crippen LogP contribution < -0.4 is 50.9 Å². The summed E-state index contributed by atoms with van der Waals surface area (Å²) in [6, 6.07) is 18.6. The van der Waals surface area contributed by atoms with Crippen molar-refractivity contribution in [3.8, 4) is 16.8 Å². The van der Waals surface area contributed by atoms with Crippen molar-refractivity contribution in [3.63, 3.8) is 0 Å². The molecule has 0 atom stereocenters. The molecule has 3 aromatic heterocycles. The Morgan fingerprint density at radius 2 is 1.41 bits per heavy atom. The van der Waals surface area contributed by atoms with Gasteiger partial charge in [0.25, 0.3) is 0 Å². The van der Waals surface area contributed by atoms with Crippen molar-refractivity contribution in [1.29, 1.82) is 0 Å². The molecular weight excluding hydrogens is 492 g/mol. The first kappa shape index (κ1) is 28.0. The quantitative estimate of drug-likeness (QED) is 0.206. The Balaban J connectivity index is 0.00000171. The van der Waals surface area contributed by atoms with Crippen molar-refractivity contribution in [1.82, 2.24) is 0 Å². The van der Waals surface area contributed by atoms with E-state index < -0.39 is 7.60 Å². The summed E-state index contributed by atoms with van der Waals surface area (Å²) in [6.07, 6.45) is 9.64. The zero-order valence-electron chi connectivity index (χ0n) is 17.2. The highest BCUT2D eigenvalue weighted by molar-refractivity contribution is 7.51. The number of rotatable bonds is 5. The minimum absolute atomic E-state index is 0. The monoisotopic (exact) mass is 513 g/mol. The van der Waals surface area contributed by atoms with Gasteiger partial charge in [-0.1, -0.05) is 0 Å². The fraction of sp³-hybridized carbons (Fsp3) is 0.136. The first-order valence-electron chi connectivity index (χ1n) is 9.33. The predicted octanol–water partition coefficient (Wildman–Crippen LogP) is -6.91. The maximum absolute atomic E-state index is 11.0. The van der Waals surface area contributed by atoms with Gasteiger partial charge in [0.05, 0.1) is 5.39 Å². The molecular formula is C22H23Cl3N3O3P. The third-order valence-corrected chi connectivity index (χ3v) is 5.76. The molecule has 0 radical (unpaired) electrons. The second-order valence-corrected chi connectivity index (χ2v) is 8.85. The van der Waals surface area contributed by atoms with Crippen molar-refractivity contribution >= 4 is 18.5 Å². The maximum Gasteiger partial charge on any atom is 0.331 e. The lowest BCUT2D eigenvalue weighted by Crippen LogP contribution is -3.00. The van der Waals surface area contributed by atoms with Crippen LogP contribution in [-0.2, 0) is 18.2 Å². The molecule has 0 fully saturated rings. The Bertz CT molecular complexity index is 1220. The SMILES string of the molecule is C[n+]1cccc2cc(-[n+]3ccc(-c4cc[n+](CCP(=O)(O)O)cc4)cc3)ccc21.[Cl-].[Cl-].[Cl-]. The van der Waals surface area contributed by atoms with Gasteiger partial charge in [-0.2, -0.15) is 4.57 Å². The zero-order chi connectivity index (χ0) is 20.4. The van der Waals surface area contributed by atoms with Gasteiger partial charge >= 0.3 is 7.60 Å². The summed E-state index contributed by atoms with van der Waals surface area (Å²) < 4.78 is 17.0. The number of fused-ring (bicyclic) bond motifs is 1. The lowest BCUT2D eigenvalue weighted by Gasteiger charge is -2.03. The second kappa shape index (κ2) is 11.7. The van der Waals surface area contributed by atoms with E-state index in [9.17, 15) is 4.57 Å². The molecule has 4 aromatic rings. The average molecular weight is 515 g/mol. The van der Waals surface area contributed by atoms with Gasteiger partial charge in [0.15, 0.2) is 37.5 Å². The van der Waals surface area contributed by atoms with E-state index in [2.05, 4.69) is 45.5 Å². The number of benzene rings is 1. The average Bonchev–Trinajstić information content (AvgIpc) is 2.72. The molecule has 0 saturated carbocycles. The smallest absolute Gasteiger partial charge is 0.331 e. The van der Waals surface area contributed by atoms with E-state index in [4.69, 9.17) is 9.79 Å². The fourth-order valence-electron chi connectivity index (χ4n) is 3.35. The van der Waals surface area contributed by atoms with Gasteiger partial charge in [-0.3, -0.25) is 4.57 Å². The summed E-state index contributed by atoms with van der Waals surface area (Å²) in [7, 11) is -1.94. The summed E-state index contributed by atoms with van der Waals surface area (Å²) in [5, 5.41) is 1.19. The number of aryl methyl sites for hydroxylation is 2. The van der Waals surface area contributed by atoms with Crippen LogP contribution in [0.2, 0.25) is 0 Å². The third kappa shape index (κ3) is 6.72. The predicted molar refractivity (Wildman–Crippen MR) is 109 cm³/mol. The zero-order valence-corrected chi connectivity index (χ0v) is 20.4. The van der Waals surface area contributed by atoms with Crippen molar-refractivity contribution < 1.29 is 65.3 Å². The van der Waals surface area contributed by atoms with E-state index in [1.165, 1.54) is 10.9 Å². The van der Waals surface area contributed by atoms with Gasteiger partial charge in [-0.05, 0) is 17.2 Å². The molecule has 1 aromatic carbocycles. The summed E-state index contributed by atoms with van der Waals surface area (Å²) in [5.74, 6) is 0. The normalized spacial score (nSPS) is 10.6. The van der Waals surface area contributed by atoms with Gasteiger partial charge in [-0.15, -0.1) is 0 Å². The Labute approximate surface area is 205 Å². The molecule has 0 unspecified atom stereocenters. The van der Waals surface area contributed by atoms with Gasteiger partial charge in [0, 0.05) is 48.5 Å². The molecule has 2 N–H and O–H groups in total. The standard InChI is InChI=1S/C22H21N3O3P.3ClH/c1-23-10-2-3-20-17-21(4-5-22(20)23)25-13-8-19(9-14-25)18-6-11-24(12-7-18)15-16-29(26,27)28;;;/h2-14,17H,15-16H2,1H3;3*1H/q+1;;;/p-1. The molecule has 10 heteroatoms. The topological polar surface area (TPSA) is 69.2 Å². The van der Waals surface area contributed by atoms with E-state index in [1.807, 2.05) is 56.2 Å². The van der Waals surface area contributed by atoms with Crippen LogP contribution in [0.3, 0.4) is 0 Å². The van der Waals surface area contributed by atoms with E-state index in [0.717, 1.165) is 16.8 Å². The minimum atomic E-state index is -3.98. The second-order valence-electron chi connectivity index (χ2n) is 7.07. The van der Waals surface area contributed by atoms with Crippen molar-refractivity contribution in [2.45, 2.75) is 6.54 Å². The molecule has 0 aliphatic rings. The lowest BCUT2D eigenvalue weighted by atomic mass is 10.1. The molecule has 0 bridgehead atoms. The van der Waals surface area contributed by atoms with Crippen LogP contribution in [-0.4, -0.2) is 15.9 Å². The highest BCUT2D eigenvalue weighted by Gasteiger charge is 2.16. The number of aromatic nitrogens is 3. The Morgan fingerprint density at radius 3 is 2.00 bits per heavy atom. The molecule has 170 valence electrons. The van der Waals surface area contributed by atoms with Crippen LogP contribution in [0.1, 0.15) is 0 Å². The molecule has 32 heavy (non-hydrogen) atoms. The van der Waals surface area contributed by atoms with Crippen LogP contribution in [0, 0.1) is 0 Å². The van der Waals surface area contributed by atoms with Gasteiger partial charge < -0.3 is 47.0 Å². The number of halogens is 3. The van der Waals surface area contributed by atoms with Crippen LogP contribution in [0.25, 0.3) is 27.7 Å². The molecule has 0 amide bonds. The maximum atomic E-state index is 11.0. The van der Waals surface area contributed by atoms with Gasteiger partial charge in [0.1, 0.15) is 13.2 Å². The van der Waals surface area contributed by atoms with E-state index >= 15 is 0 Å². The fourth-order valence-corrected chi connectivity index (χ4v) is 3.84. The summed E-state index contributed by atoms with van der Waals surface area (Å²) in [6.45, 7) is 0.291. The highest BCUT2D eigenvalue weighted by Crippen LogP contribution is 2.33. The Hall–Kier alpha value is -2.05. The Kier molecular flexibility index (Phi) is 10.2.